The normalized spacial score (nSPS) is 33.5. The molecule has 4 aliphatic rings. The van der Waals surface area contributed by atoms with Crippen LogP contribution in [0.5, 0.6) is 17.4 Å². The molecule has 2 aliphatic carbocycles. The largest absolute Gasteiger partial charge is 0.504 e. The van der Waals surface area contributed by atoms with Crippen LogP contribution in [0.1, 0.15) is 36.4 Å². The van der Waals surface area contributed by atoms with Gasteiger partial charge < -0.3 is 24.6 Å². The molecule has 0 radical (unpaired) electrons. The first-order valence-electron chi connectivity index (χ1n) is 12.0. The molecule has 176 valence electrons. The van der Waals surface area contributed by atoms with Gasteiger partial charge >= 0.3 is 0 Å². The van der Waals surface area contributed by atoms with Crippen LogP contribution < -0.4 is 4.74 Å². The van der Waals surface area contributed by atoms with Crippen molar-refractivity contribution in [1.29, 1.82) is 0 Å². The number of phenols is 1. The number of aromatic hydroxyl groups is 2. The molecule has 7 rings (SSSR count). The fourth-order valence-corrected chi connectivity index (χ4v) is 7.71. The molecule has 34 heavy (non-hydrogen) atoms. The van der Waals surface area contributed by atoms with Crippen molar-refractivity contribution in [3.8, 4) is 17.4 Å². The predicted molar refractivity (Wildman–Crippen MR) is 125 cm³/mol. The maximum atomic E-state index is 13.9. The van der Waals surface area contributed by atoms with E-state index in [4.69, 9.17) is 4.74 Å². The summed E-state index contributed by atoms with van der Waals surface area (Å²) in [5, 5.41) is 35.5. The van der Waals surface area contributed by atoms with Gasteiger partial charge in [-0.1, -0.05) is 12.1 Å². The Kier molecular flexibility index (Phi) is 3.92. The lowest BCUT2D eigenvalue weighted by atomic mass is 9.48. The van der Waals surface area contributed by atoms with E-state index in [9.17, 15) is 19.7 Å². The summed E-state index contributed by atoms with van der Waals surface area (Å²) in [5.74, 6) is 0.146. The summed E-state index contributed by atoms with van der Waals surface area (Å²) >= 11 is 0. The third kappa shape index (κ3) is 2.22. The monoisotopic (exact) mass is 462 g/mol. The molecule has 1 saturated carbocycles. The highest BCUT2D eigenvalue weighted by Gasteiger charge is 2.73. The molecule has 0 unspecified atom stereocenters. The molecule has 3 aromatic rings. The number of rotatable bonds is 3. The molecule has 1 aromatic heterocycles. The van der Waals surface area contributed by atoms with Crippen LogP contribution in [-0.2, 0) is 11.8 Å². The predicted octanol–water partition coefficient (Wildman–Crippen LogP) is 3.77. The zero-order chi connectivity index (χ0) is 23.4. The van der Waals surface area contributed by atoms with E-state index in [-0.39, 0.29) is 23.7 Å². The zero-order valence-corrected chi connectivity index (χ0v) is 18.7. The van der Waals surface area contributed by atoms with Gasteiger partial charge in [-0.15, -0.1) is 6.58 Å². The van der Waals surface area contributed by atoms with Crippen LogP contribution in [0.3, 0.4) is 0 Å². The molecule has 2 aromatic carbocycles. The second kappa shape index (κ2) is 6.55. The molecule has 2 bridgehead atoms. The molecule has 2 aliphatic heterocycles. The van der Waals surface area contributed by atoms with E-state index in [1.54, 1.807) is 16.7 Å². The van der Waals surface area contributed by atoms with Gasteiger partial charge in [0.2, 0.25) is 0 Å². The first-order chi connectivity index (χ1) is 16.4. The number of hydrogen-bond donors (Lipinski definition) is 3. The van der Waals surface area contributed by atoms with Gasteiger partial charge in [0.15, 0.2) is 17.4 Å². The Morgan fingerprint density at radius 2 is 2.06 bits per heavy atom. The van der Waals surface area contributed by atoms with Gasteiger partial charge in [0.25, 0.3) is 0 Å². The fraction of sp³-hybridized carbons (Fsp3) is 0.407. The molecule has 6 nitrogen and oxygen atoms in total. The molecule has 5 atom stereocenters. The van der Waals surface area contributed by atoms with Crippen molar-refractivity contribution in [2.24, 2.45) is 0 Å². The van der Waals surface area contributed by atoms with E-state index in [1.165, 1.54) is 12.1 Å². The molecule has 1 saturated heterocycles. The Morgan fingerprint density at radius 1 is 1.21 bits per heavy atom. The van der Waals surface area contributed by atoms with Gasteiger partial charge in [-0.05, 0) is 62.1 Å². The van der Waals surface area contributed by atoms with Gasteiger partial charge in [0.1, 0.15) is 11.9 Å². The molecular weight excluding hydrogens is 435 g/mol. The van der Waals surface area contributed by atoms with E-state index in [0.29, 0.717) is 43.4 Å². The lowest BCUT2D eigenvalue weighted by Gasteiger charge is -2.64. The van der Waals surface area contributed by atoms with Crippen molar-refractivity contribution in [1.82, 2.24) is 9.47 Å². The summed E-state index contributed by atoms with van der Waals surface area (Å²) in [4.78, 5) is 2.31. The van der Waals surface area contributed by atoms with Crippen molar-refractivity contribution >= 4 is 10.8 Å². The van der Waals surface area contributed by atoms with E-state index >= 15 is 0 Å². The van der Waals surface area contributed by atoms with Crippen molar-refractivity contribution in [3.63, 3.8) is 0 Å². The van der Waals surface area contributed by atoms with Crippen molar-refractivity contribution in [2.75, 3.05) is 13.1 Å². The summed E-state index contributed by atoms with van der Waals surface area (Å²) in [6.07, 6.45) is 5.74. The number of piperidine rings is 1. The molecular formula is C27H27FN2O4. The number of aliphatic hydroxyl groups is 1. The van der Waals surface area contributed by atoms with Crippen LogP contribution in [0.2, 0.25) is 0 Å². The summed E-state index contributed by atoms with van der Waals surface area (Å²) in [7, 11) is 0. The Morgan fingerprint density at radius 3 is 2.88 bits per heavy atom. The van der Waals surface area contributed by atoms with E-state index < -0.39 is 22.9 Å². The highest BCUT2D eigenvalue weighted by Crippen LogP contribution is 2.67. The van der Waals surface area contributed by atoms with Crippen LogP contribution in [-0.4, -0.2) is 55.6 Å². The Bertz CT molecular complexity index is 1370. The standard InChI is InChI=1S/C27H27FN2O4/c1-2-10-29-11-9-26-22-15-4-6-20(31)23(22)34-24(26)19(7-8-27(26,33)21(29)12-15)30-14-16-3-5-17(28)13-18(16)25(30)32/h2-6,13-14,19,21,24,31-33H,1,7-12H2/t19-,21-,24+,26+,27-/m1/s1. The van der Waals surface area contributed by atoms with Crippen LogP contribution >= 0.6 is 0 Å². The highest BCUT2D eigenvalue weighted by atomic mass is 19.1. The first-order valence-corrected chi connectivity index (χ1v) is 12.0. The van der Waals surface area contributed by atoms with Crippen molar-refractivity contribution in [3.05, 3.63) is 66.1 Å². The van der Waals surface area contributed by atoms with Gasteiger partial charge in [0.05, 0.1) is 17.1 Å². The van der Waals surface area contributed by atoms with Gasteiger partial charge in [-0.3, -0.25) is 4.90 Å². The number of nitrogens with zero attached hydrogens (tertiary/aromatic N) is 2. The number of likely N-dealkylation sites (tertiary alicyclic amines) is 1. The second-order valence-electron chi connectivity index (χ2n) is 10.3. The lowest BCUT2D eigenvalue weighted by Crippen LogP contribution is -2.76. The lowest BCUT2D eigenvalue weighted by molar-refractivity contribution is -0.193. The maximum Gasteiger partial charge on any atom is 0.199 e. The van der Waals surface area contributed by atoms with Gasteiger partial charge in [-0.25, -0.2) is 4.39 Å². The molecule has 3 heterocycles. The minimum atomic E-state index is -1.03. The Balaban J connectivity index is 1.44. The smallest absolute Gasteiger partial charge is 0.199 e. The third-order valence-corrected chi connectivity index (χ3v) is 9.04. The zero-order valence-electron chi connectivity index (χ0n) is 18.7. The van der Waals surface area contributed by atoms with Gasteiger partial charge in [0, 0.05) is 35.1 Å². The van der Waals surface area contributed by atoms with Crippen molar-refractivity contribution in [2.45, 2.75) is 54.9 Å². The summed E-state index contributed by atoms with van der Waals surface area (Å²) in [5.41, 5.74) is 0.300. The SMILES string of the molecule is C=CCN1CC[C@]23c4c5ccc(O)c4O[C@H]2[C@H](n2cc4ccc(F)cc4c2O)CC[C@@]3(O)[C@H]1C5. The average molecular weight is 463 g/mol. The molecule has 7 heteroatoms. The molecule has 2 fully saturated rings. The van der Waals surface area contributed by atoms with E-state index in [1.807, 2.05) is 18.3 Å². The van der Waals surface area contributed by atoms with Gasteiger partial charge in [-0.2, -0.15) is 0 Å². The van der Waals surface area contributed by atoms with Crippen LogP contribution in [0, 0.1) is 5.82 Å². The number of aromatic nitrogens is 1. The Labute approximate surface area is 196 Å². The highest BCUT2D eigenvalue weighted by molar-refractivity contribution is 5.88. The fourth-order valence-electron chi connectivity index (χ4n) is 7.71. The number of phenolic OH excluding ortho intramolecular Hbond substituents is 1. The van der Waals surface area contributed by atoms with Crippen molar-refractivity contribution < 1.29 is 24.4 Å². The maximum absolute atomic E-state index is 13.9. The van der Waals surface area contributed by atoms with Crippen LogP contribution in [0.25, 0.3) is 10.8 Å². The Hall–Kier alpha value is -3.03. The van der Waals surface area contributed by atoms with E-state index in [2.05, 4.69) is 11.5 Å². The first kappa shape index (κ1) is 20.4. The topological polar surface area (TPSA) is 78.1 Å². The minimum Gasteiger partial charge on any atom is -0.504 e. The summed E-state index contributed by atoms with van der Waals surface area (Å²) in [6.45, 7) is 5.40. The molecule has 3 N–H and O–H groups in total. The second-order valence-corrected chi connectivity index (χ2v) is 10.3. The third-order valence-electron chi connectivity index (χ3n) is 9.04. The molecule has 1 spiro atoms. The molecule has 0 amide bonds. The quantitative estimate of drug-likeness (QED) is 0.517. The average Bonchev–Trinajstić information content (AvgIpc) is 3.33. The number of fused-ring (bicyclic) bond motifs is 1. The number of ether oxygens (including phenoxy) is 1. The number of benzene rings is 2. The van der Waals surface area contributed by atoms with Crippen LogP contribution in [0.4, 0.5) is 4.39 Å². The van der Waals surface area contributed by atoms with E-state index in [0.717, 1.165) is 23.1 Å². The minimum absolute atomic E-state index is 0.00166. The summed E-state index contributed by atoms with van der Waals surface area (Å²) < 4.78 is 22.2. The summed E-state index contributed by atoms with van der Waals surface area (Å²) in [6, 6.07) is 7.67. The number of halogens is 1. The number of hydrogen-bond acceptors (Lipinski definition) is 5. The van der Waals surface area contributed by atoms with Crippen LogP contribution in [0.15, 0.2) is 49.2 Å².